The van der Waals surface area contributed by atoms with Crippen LogP contribution in [0.15, 0.2) is 24.3 Å². The lowest BCUT2D eigenvalue weighted by Gasteiger charge is -2.27. The molecule has 0 bridgehead atoms. The number of rotatable bonds is 7. The van der Waals surface area contributed by atoms with E-state index in [4.69, 9.17) is 19.2 Å². The van der Waals surface area contributed by atoms with Crippen LogP contribution in [0.5, 0.6) is 5.75 Å². The van der Waals surface area contributed by atoms with Crippen LogP contribution in [0, 0.1) is 5.92 Å². The predicted molar refractivity (Wildman–Crippen MR) is 88.5 cm³/mol. The summed E-state index contributed by atoms with van der Waals surface area (Å²) >= 11 is 0. The monoisotopic (exact) mass is 334 g/mol. The second-order valence-electron chi connectivity index (χ2n) is 6.96. The summed E-state index contributed by atoms with van der Waals surface area (Å²) in [5, 5.41) is 0. The minimum Gasteiger partial charge on any atom is -0.497 e. The van der Waals surface area contributed by atoms with E-state index >= 15 is 0 Å². The molecule has 1 aliphatic heterocycles. The highest BCUT2D eigenvalue weighted by atomic mass is 17.2. The molecule has 2 unspecified atom stereocenters. The third-order valence-corrected chi connectivity index (χ3v) is 4.95. The molecule has 0 aromatic heterocycles. The molecule has 2 atom stereocenters. The Morgan fingerprint density at radius 2 is 1.96 bits per heavy atom. The number of benzene rings is 1. The number of ether oxygens (including phenoxy) is 2. The summed E-state index contributed by atoms with van der Waals surface area (Å²) in [6.45, 7) is 4.24. The zero-order valence-electron chi connectivity index (χ0n) is 14.7. The molecule has 2 aliphatic rings. The van der Waals surface area contributed by atoms with Gasteiger partial charge in [0.1, 0.15) is 11.4 Å². The second-order valence-corrected chi connectivity index (χ2v) is 6.96. The van der Waals surface area contributed by atoms with Crippen molar-refractivity contribution in [3.8, 4) is 5.75 Å². The normalized spacial score (nSPS) is 29.5. The van der Waals surface area contributed by atoms with Gasteiger partial charge in [-0.1, -0.05) is 25.5 Å². The van der Waals surface area contributed by atoms with Gasteiger partial charge < -0.3 is 9.47 Å². The Morgan fingerprint density at radius 3 is 2.54 bits per heavy atom. The van der Waals surface area contributed by atoms with Crippen molar-refractivity contribution in [2.24, 2.45) is 5.92 Å². The largest absolute Gasteiger partial charge is 0.497 e. The fourth-order valence-corrected chi connectivity index (χ4v) is 3.32. The zero-order valence-corrected chi connectivity index (χ0v) is 14.7. The van der Waals surface area contributed by atoms with Gasteiger partial charge >= 0.3 is 5.97 Å². The molecule has 132 valence electrons. The van der Waals surface area contributed by atoms with Crippen molar-refractivity contribution in [3.63, 3.8) is 0 Å². The minimum absolute atomic E-state index is 0.341. The first-order chi connectivity index (χ1) is 11.5. The molecule has 0 radical (unpaired) electrons. The molecule has 1 saturated carbocycles. The van der Waals surface area contributed by atoms with Crippen molar-refractivity contribution in [1.29, 1.82) is 0 Å². The molecule has 3 rings (SSSR count). The van der Waals surface area contributed by atoms with Gasteiger partial charge in [-0.3, -0.25) is 0 Å². The molecule has 0 spiro atoms. The van der Waals surface area contributed by atoms with E-state index in [1.165, 1.54) is 0 Å². The van der Waals surface area contributed by atoms with Gasteiger partial charge in [0, 0.05) is 6.42 Å². The van der Waals surface area contributed by atoms with Gasteiger partial charge in [-0.2, -0.15) is 0 Å². The Balaban J connectivity index is 1.78. The number of methoxy groups -OCH3 is 1. The molecule has 1 heterocycles. The highest BCUT2D eigenvalue weighted by Gasteiger charge is 2.61. The number of carbonyl (C=O) groups excluding carboxylic acids is 1. The van der Waals surface area contributed by atoms with Gasteiger partial charge in [0.05, 0.1) is 13.7 Å². The van der Waals surface area contributed by atoms with Crippen LogP contribution in [0.3, 0.4) is 0 Å². The third kappa shape index (κ3) is 3.15. The molecular weight excluding hydrogens is 308 g/mol. The topological polar surface area (TPSA) is 54.0 Å². The first-order valence-corrected chi connectivity index (χ1v) is 8.72. The van der Waals surface area contributed by atoms with E-state index in [1.54, 1.807) is 14.0 Å². The van der Waals surface area contributed by atoms with Gasteiger partial charge in [0.15, 0.2) is 0 Å². The Bertz CT molecular complexity index is 580. The van der Waals surface area contributed by atoms with Crippen LogP contribution in [0.1, 0.15) is 51.5 Å². The van der Waals surface area contributed by atoms with Gasteiger partial charge in [-0.05, 0) is 49.8 Å². The highest BCUT2D eigenvalue weighted by molar-refractivity contribution is 5.79. The van der Waals surface area contributed by atoms with E-state index < -0.39 is 11.2 Å². The van der Waals surface area contributed by atoms with Crippen LogP contribution in [-0.2, 0) is 24.9 Å². The average molecular weight is 334 g/mol. The number of hydrogen-bond donors (Lipinski definition) is 0. The summed E-state index contributed by atoms with van der Waals surface area (Å²) < 4.78 is 10.6. The fraction of sp³-hybridized carbons (Fsp3) is 0.632. The SMILES string of the molecule is CCCCOC(=O)C1(C)CC(c2ccc(OC)cc2)(C2CC2)OO1. The van der Waals surface area contributed by atoms with Crippen LogP contribution in [0.4, 0.5) is 0 Å². The molecule has 0 N–H and O–H groups in total. The van der Waals surface area contributed by atoms with E-state index in [-0.39, 0.29) is 5.97 Å². The van der Waals surface area contributed by atoms with E-state index in [0.717, 1.165) is 37.0 Å². The summed E-state index contributed by atoms with van der Waals surface area (Å²) in [4.78, 5) is 23.8. The van der Waals surface area contributed by atoms with Crippen LogP contribution in [0.25, 0.3) is 0 Å². The summed E-state index contributed by atoms with van der Waals surface area (Å²) in [5.74, 6) is 0.827. The number of carbonyl (C=O) groups is 1. The smallest absolute Gasteiger partial charge is 0.341 e. The lowest BCUT2D eigenvalue weighted by Crippen LogP contribution is -2.38. The standard InChI is InChI=1S/C19H26O5/c1-4-5-12-22-17(20)18(2)13-19(24-23-18,14-6-7-14)15-8-10-16(21-3)11-9-15/h8-11,14H,4-7,12-13H2,1-3H3. The number of hydrogen-bond acceptors (Lipinski definition) is 5. The maximum Gasteiger partial charge on any atom is 0.341 e. The Hall–Kier alpha value is -1.59. The molecule has 1 aromatic carbocycles. The van der Waals surface area contributed by atoms with Crippen molar-refractivity contribution < 1.29 is 24.0 Å². The quantitative estimate of drug-likeness (QED) is 0.432. The first-order valence-electron chi connectivity index (χ1n) is 8.72. The van der Waals surface area contributed by atoms with Crippen molar-refractivity contribution in [3.05, 3.63) is 29.8 Å². The number of esters is 1. The lowest BCUT2D eigenvalue weighted by molar-refractivity contribution is -0.351. The summed E-state index contributed by atoms with van der Waals surface area (Å²) in [6.07, 6.45) is 4.47. The molecule has 2 fully saturated rings. The molecule has 5 heteroatoms. The summed E-state index contributed by atoms with van der Waals surface area (Å²) in [5.41, 5.74) is -0.614. The van der Waals surface area contributed by atoms with Crippen LogP contribution in [-0.4, -0.2) is 25.3 Å². The van der Waals surface area contributed by atoms with E-state index in [9.17, 15) is 4.79 Å². The predicted octanol–water partition coefficient (Wildman–Crippen LogP) is 3.75. The Morgan fingerprint density at radius 1 is 1.25 bits per heavy atom. The van der Waals surface area contributed by atoms with Crippen molar-refractivity contribution >= 4 is 5.97 Å². The number of unbranched alkanes of at least 4 members (excludes halogenated alkanes) is 1. The van der Waals surface area contributed by atoms with E-state index in [2.05, 4.69) is 6.92 Å². The van der Waals surface area contributed by atoms with Gasteiger partial charge in [0.2, 0.25) is 5.60 Å². The molecule has 1 aromatic rings. The minimum atomic E-state index is -1.06. The molecular formula is C19H26O5. The molecule has 0 amide bonds. The van der Waals surface area contributed by atoms with Crippen LogP contribution < -0.4 is 4.74 Å². The first kappa shape index (κ1) is 17.2. The van der Waals surface area contributed by atoms with Crippen molar-refractivity contribution in [2.75, 3.05) is 13.7 Å². The Kier molecular flexibility index (Phi) is 4.83. The van der Waals surface area contributed by atoms with Gasteiger partial charge in [0.25, 0.3) is 0 Å². The Labute approximate surface area is 143 Å². The van der Waals surface area contributed by atoms with Crippen LogP contribution >= 0.6 is 0 Å². The second kappa shape index (κ2) is 6.73. The highest BCUT2D eigenvalue weighted by Crippen LogP contribution is 2.56. The van der Waals surface area contributed by atoms with E-state index in [1.807, 2.05) is 24.3 Å². The molecule has 5 nitrogen and oxygen atoms in total. The molecule has 1 aliphatic carbocycles. The molecule has 1 saturated heterocycles. The van der Waals surface area contributed by atoms with E-state index in [0.29, 0.717) is 18.9 Å². The van der Waals surface area contributed by atoms with Crippen molar-refractivity contribution in [2.45, 2.75) is 57.2 Å². The van der Waals surface area contributed by atoms with Crippen molar-refractivity contribution in [1.82, 2.24) is 0 Å². The lowest BCUT2D eigenvalue weighted by atomic mass is 9.80. The maximum atomic E-state index is 12.5. The third-order valence-electron chi connectivity index (χ3n) is 4.95. The molecule has 24 heavy (non-hydrogen) atoms. The summed E-state index contributed by atoms with van der Waals surface area (Å²) in [7, 11) is 1.64. The summed E-state index contributed by atoms with van der Waals surface area (Å²) in [6, 6.07) is 7.82. The fourth-order valence-electron chi connectivity index (χ4n) is 3.32. The van der Waals surface area contributed by atoms with Crippen LogP contribution in [0.2, 0.25) is 0 Å². The maximum absolute atomic E-state index is 12.5. The average Bonchev–Trinajstić information content (AvgIpc) is 3.39. The zero-order chi connectivity index (χ0) is 17.2. The van der Waals surface area contributed by atoms with Gasteiger partial charge in [-0.25, -0.2) is 14.6 Å². The van der Waals surface area contributed by atoms with Gasteiger partial charge in [-0.15, -0.1) is 0 Å².